The first-order valence-corrected chi connectivity index (χ1v) is 11.8. The number of nitrogens with one attached hydrogen (secondary N) is 1. The molecule has 0 bridgehead atoms. The van der Waals surface area contributed by atoms with Gasteiger partial charge in [0.2, 0.25) is 0 Å². The van der Waals surface area contributed by atoms with Gasteiger partial charge in [0.25, 0.3) is 10.0 Å². The quantitative estimate of drug-likeness (QED) is 0.691. The van der Waals surface area contributed by atoms with Gasteiger partial charge in [-0.15, -0.1) is 0 Å². The zero-order valence-corrected chi connectivity index (χ0v) is 19.0. The highest BCUT2D eigenvalue weighted by atomic mass is 32.2. The average Bonchev–Trinajstić information content (AvgIpc) is 2.70. The predicted molar refractivity (Wildman–Crippen MR) is 120 cm³/mol. The zero-order chi connectivity index (χ0) is 21.7. The molecular formula is C23H32N2O4S. The highest BCUT2D eigenvalue weighted by molar-refractivity contribution is 7.92. The van der Waals surface area contributed by atoms with Crippen LogP contribution in [0.25, 0.3) is 0 Å². The van der Waals surface area contributed by atoms with E-state index >= 15 is 0 Å². The van der Waals surface area contributed by atoms with Crippen LogP contribution in [0.3, 0.4) is 0 Å². The molecule has 30 heavy (non-hydrogen) atoms. The zero-order valence-electron chi connectivity index (χ0n) is 18.2. The third-order valence-electron chi connectivity index (χ3n) is 4.89. The van der Waals surface area contributed by atoms with Gasteiger partial charge in [0.1, 0.15) is 12.4 Å². The first kappa shape index (κ1) is 22.6. The van der Waals surface area contributed by atoms with Gasteiger partial charge in [-0.1, -0.05) is 19.9 Å². The Morgan fingerprint density at radius 3 is 2.37 bits per heavy atom. The molecule has 6 nitrogen and oxygen atoms in total. The van der Waals surface area contributed by atoms with Gasteiger partial charge in [-0.2, -0.15) is 0 Å². The van der Waals surface area contributed by atoms with Crippen LogP contribution in [0.15, 0.2) is 47.4 Å². The van der Waals surface area contributed by atoms with Gasteiger partial charge >= 0.3 is 0 Å². The number of nitrogens with zero attached hydrogens (tertiary/aromatic N) is 1. The topological polar surface area (TPSA) is 67.9 Å². The number of morpholine rings is 1. The molecule has 0 aromatic heterocycles. The minimum absolute atomic E-state index is 0.147. The first-order valence-electron chi connectivity index (χ1n) is 10.4. The van der Waals surface area contributed by atoms with Gasteiger partial charge in [0.15, 0.2) is 0 Å². The van der Waals surface area contributed by atoms with Gasteiger partial charge in [0.05, 0.1) is 29.8 Å². The van der Waals surface area contributed by atoms with E-state index in [0.29, 0.717) is 31.2 Å². The van der Waals surface area contributed by atoms with Crippen LogP contribution < -0.4 is 14.4 Å². The van der Waals surface area contributed by atoms with Crippen molar-refractivity contribution in [1.82, 2.24) is 5.32 Å². The Morgan fingerprint density at radius 1 is 1.13 bits per heavy atom. The lowest BCUT2D eigenvalue weighted by molar-refractivity contribution is 0.0592. The molecule has 164 valence electrons. The molecule has 2 aromatic rings. The minimum atomic E-state index is -3.69. The maximum Gasteiger partial charge on any atom is 0.264 e. The van der Waals surface area contributed by atoms with Crippen LogP contribution in [-0.4, -0.2) is 47.4 Å². The number of benzene rings is 2. The summed E-state index contributed by atoms with van der Waals surface area (Å²) in [5, 5.41) is 3.33. The maximum atomic E-state index is 13.5. The van der Waals surface area contributed by atoms with E-state index in [1.165, 1.54) is 4.31 Å². The highest BCUT2D eigenvalue weighted by Gasteiger charge is 2.26. The molecule has 1 N–H and O–H groups in total. The predicted octanol–water partition coefficient (Wildman–Crippen LogP) is 3.52. The normalized spacial score (nSPS) is 17.2. The van der Waals surface area contributed by atoms with Gasteiger partial charge < -0.3 is 14.8 Å². The minimum Gasteiger partial charge on any atom is -0.492 e. The standard InChI is InChI=1S/C23H32N2O4S/c1-17(2)14-25(21-12-18(3)11-19(4)13-21)30(26,27)23-7-5-22(6-8-23)29-16-20-15-28-10-9-24-20/h5-8,11-13,17,20,24H,9-10,14-16H2,1-4H3. The molecule has 0 saturated carbocycles. The molecule has 1 unspecified atom stereocenters. The smallest absolute Gasteiger partial charge is 0.264 e. The van der Waals surface area contributed by atoms with E-state index in [4.69, 9.17) is 9.47 Å². The van der Waals surface area contributed by atoms with E-state index < -0.39 is 10.0 Å². The lowest BCUT2D eigenvalue weighted by Gasteiger charge is -2.27. The summed E-state index contributed by atoms with van der Waals surface area (Å²) in [6.07, 6.45) is 0. The van der Waals surface area contributed by atoms with E-state index in [0.717, 1.165) is 24.3 Å². The van der Waals surface area contributed by atoms with Crippen LogP contribution in [0.4, 0.5) is 5.69 Å². The van der Waals surface area contributed by atoms with E-state index in [-0.39, 0.29) is 16.9 Å². The summed E-state index contributed by atoms with van der Waals surface area (Å²) in [5.74, 6) is 0.830. The lowest BCUT2D eigenvalue weighted by atomic mass is 10.1. The fraction of sp³-hybridized carbons (Fsp3) is 0.478. The Kier molecular flexibility index (Phi) is 7.39. The molecule has 1 saturated heterocycles. The van der Waals surface area contributed by atoms with Crippen molar-refractivity contribution >= 4 is 15.7 Å². The third-order valence-corrected chi connectivity index (χ3v) is 6.69. The summed E-state index contributed by atoms with van der Waals surface area (Å²) in [6, 6.07) is 12.7. The lowest BCUT2D eigenvalue weighted by Crippen LogP contribution is -2.44. The summed E-state index contributed by atoms with van der Waals surface area (Å²) in [6.45, 7) is 11.0. The summed E-state index contributed by atoms with van der Waals surface area (Å²) in [4.78, 5) is 0.258. The highest BCUT2D eigenvalue weighted by Crippen LogP contribution is 2.28. The third kappa shape index (κ3) is 5.74. The molecule has 0 spiro atoms. The molecule has 1 fully saturated rings. The Balaban J connectivity index is 1.80. The molecule has 7 heteroatoms. The second kappa shape index (κ2) is 9.81. The molecule has 2 aromatic carbocycles. The van der Waals surface area contributed by atoms with Crippen molar-refractivity contribution in [2.24, 2.45) is 5.92 Å². The SMILES string of the molecule is Cc1cc(C)cc(N(CC(C)C)S(=O)(=O)c2ccc(OCC3COCCN3)cc2)c1. The Morgan fingerprint density at radius 2 is 1.80 bits per heavy atom. The molecule has 0 aliphatic carbocycles. The van der Waals surface area contributed by atoms with Crippen LogP contribution >= 0.6 is 0 Å². The molecule has 3 rings (SSSR count). The van der Waals surface area contributed by atoms with E-state index in [2.05, 4.69) is 5.32 Å². The van der Waals surface area contributed by atoms with Crippen molar-refractivity contribution in [3.63, 3.8) is 0 Å². The van der Waals surface area contributed by atoms with Gasteiger partial charge in [-0.25, -0.2) is 8.42 Å². The summed E-state index contributed by atoms with van der Waals surface area (Å²) < 4.78 is 39.7. The van der Waals surface area contributed by atoms with Crippen LogP contribution in [0.5, 0.6) is 5.75 Å². The number of aryl methyl sites for hydroxylation is 2. The molecule has 1 atom stereocenters. The Bertz CT molecular complexity index is 916. The van der Waals surface area contributed by atoms with Crippen molar-refractivity contribution in [1.29, 1.82) is 0 Å². The summed E-state index contributed by atoms with van der Waals surface area (Å²) in [5.41, 5.74) is 2.78. The number of anilines is 1. The molecule has 1 heterocycles. The Hall–Kier alpha value is -2.09. The van der Waals surface area contributed by atoms with Crippen LogP contribution in [0, 0.1) is 19.8 Å². The van der Waals surface area contributed by atoms with Crippen molar-refractivity contribution < 1.29 is 17.9 Å². The van der Waals surface area contributed by atoms with Crippen LogP contribution in [0.1, 0.15) is 25.0 Å². The molecule has 0 amide bonds. The van der Waals surface area contributed by atoms with Gasteiger partial charge in [-0.3, -0.25) is 4.31 Å². The number of hydrogen-bond acceptors (Lipinski definition) is 5. The largest absolute Gasteiger partial charge is 0.492 e. The van der Waals surface area contributed by atoms with Crippen molar-refractivity contribution in [2.75, 3.05) is 37.2 Å². The summed E-state index contributed by atoms with van der Waals surface area (Å²) >= 11 is 0. The average molecular weight is 433 g/mol. The Labute approximate surface area is 180 Å². The first-order chi connectivity index (χ1) is 14.3. The van der Waals surface area contributed by atoms with Crippen molar-refractivity contribution in [3.8, 4) is 5.75 Å². The number of ether oxygens (including phenoxy) is 2. The van der Waals surface area contributed by atoms with E-state index in [1.54, 1.807) is 24.3 Å². The molecule has 1 aliphatic heterocycles. The van der Waals surface area contributed by atoms with Crippen LogP contribution in [-0.2, 0) is 14.8 Å². The molecular weight excluding hydrogens is 400 g/mol. The van der Waals surface area contributed by atoms with E-state index in [1.807, 2.05) is 45.9 Å². The fourth-order valence-corrected chi connectivity index (χ4v) is 5.14. The van der Waals surface area contributed by atoms with Gasteiger partial charge in [0, 0.05) is 13.1 Å². The molecule has 1 aliphatic rings. The van der Waals surface area contributed by atoms with Gasteiger partial charge in [-0.05, 0) is 67.3 Å². The number of hydrogen-bond donors (Lipinski definition) is 1. The number of rotatable bonds is 8. The maximum absolute atomic E-state index is 13.5. The second-order valence-corrected chi connectivity index (χ2v) is 10.1. The summed E-state index contributed by atoms with van der Waals surface area (Å²) in [7, 11) is -3.69. The number of sulfonamides is 1. The monoisotopic (exact) mass is 432 g/mol. The van der Waals surface area contributed by atoms with E-state index in [9.17, 15) is 8.42 Å². The van der Waals surface area contributed by atoms with Crippen molar-refractivity contribution in [2.45, 2.75) is 38.6 Å². The molecule has 0 radical (unpaired) electrons. The fourth-order valence-electron chi connectivity index (χ4n) is 3.53. The van der Waals surface area contributed by atoms with Crippen molar-refractivity contribution in [3.05, 3.63) is 53.6 Å². The van der Waals surface area contributed by atoms with Crippen LogP contribution in [0.2, 0.25) is 0 Å². The second-order valence-electron chi connectivity index (χ2n) is 8.28.